The molecule has 0 amide bonds. The molecule has 4 nitrogen and oxygen atoms in total. The lowest BCUT2D eigenvalue weighted by Crippen LogP contribution is -2.29. The van der Waals surface area contributed by atoms with Crippen LogP contribution in [0.15, 0.2) is 0 Å². The molecule has 0 radical (unpaired) electrons. The van der Waals surface area contributed by atoms with E-state index >= 15 is 0 Å². The number of aryl methyl sites for hydroxylation is 1. The van der Waals surface area contributed by atoms with Crippen LogP contribution in [0.5, 0.6) is 0 Å². The average molecular weight is 269 g/mol. The number of anilines is 1. The van der Waals surface area contributed by atoms with Crippen LogP contribution in [0, 0.1) is 6.92 Å². The van der Waals surface area contributed by atoms with Gasteiger partial charge in [-0.1, -0.05) is 0 Å². The highest BCUT2D eigenvalue weighted by Crippen LogP contribution is 2.31. The van der Waals surface area contributed by atoms with Crippen LogP contribution in [0.25, 0.3) is 0 Å². The largest absolute Gasteiger partial charge is 0.377 e. The van der Waals surface area contributed by atoms with Gasteiger partial charge >= 0.3 is 0 Å². The third-order valence-electron chi connectivity index (χ3n) is 3.37. The van der Waals surface area contributed by atoms with Gasteiger partial charge in [0.25, 0.3) is 0 Å². The van der Waals surface area contributed by atoms with Gasteiger partial charge in [-0.3, -0.25) is 0 Å². The van der Waals surface area contributed by atoms with Crippen molar-refractivity contribution in [2.24, 2.45) is 0 Å². The molecular weight excluding hydrogens is 246 g/mol. The van der Waals surface area contributed by atoms with E-state index in [-0.39, 0.29) is 0 Å². The summed E-state index contributed by atoms with van der Waals surface area (Å²) in [6.07, 6.45) is 1.38. The predicted octanol–water partition coefficient (Wildman–Crippen LogP) is 2.35. The quantitative estimate of drug-likeness (QED) is 0.914. The summed E-state index contributed by atoms with van der Waals surface area (Å²) >= 11 is 1.81. The summed E-state index contributed by atoms with van der Waals surface area (Å²) in [6, 6.07) is 0.372. The van der Waals surface area contributed by atoms with Crippen LogP contribution in [-0.2, 0) is 4.74 Å². The zero-order valence-corrected chi connectivity index (χ0v) is 12.5. The fourth-order valence-electron chi connectivity index (χ4n) is 2.23. The number of rotatable bonds is 3. The summed E-state index contributed by atoms with van der Waals surface area (Å²) in [5, 5.41) is 4.43. The summed E-state index contributed by atoms with van der Waals surface area (Å²) in [4.78, 5) is 8.43. The summed E-state index contributed by atoms with van der Waals surface area (Å²) in [5.41, 5.74) is 1.15. The lowest BCUT2D eigenvalue weighted by Gasteiger charge is -2.21. The Morgan fingerprint density at radius 1 is 1.56 bits per heavy atom. The van der Waals surface area contributed by atoms with E-state index in [4.69, 9.17) is 9.72 Å². The molecule has 102 valence electrons. The fourth-order valence-corrected chi connectivity index (χ4v) is 3.39. The Morgan fingerprint density at radius 2 is 2.33 bits per heavy atom. The van der Waals surface area contributed by atoms with Crippen LogP contribution >= 0.6 is 11.3 Å². The molecule has 1 N–H and O–H groups in total. The van der Waals surface area contributed by atoms with Crippen molar-refractivity contribution in [3.05, 3.63) is 10.6 Å². The van der Waals surface area contributed by atoms with Crippen LogP contribution in [0.1, 0.15) is 36.9 Å². The van der Waals surface area contributed by atoms with E-state index in [1.165, 1.54) is 4.88 Å². The number of hydrogen-bond donors (Lipinski definition) is 1. The Labute approximate surface area is 113 Å². The van der Waals surface area contributed by atoms with Crippen LogP contribution < -0.4 is 10.2 Å². The maximum absolute atomic E-state index is 5.68. The van der Waals surface area contributed by atoms with Gasteiger partial charge in [0, 0.05) is 30.6 Å². The third kappa shape index (κ3) is 3.02. The molecule has 1 aliphatic heterocycles. The van der Waals surface area contributed by atoms with Crippen LogP contribution in [0.4, 0.5) is 5.13 Å². The minimum Gasteiger partial charge on any atom is -0.377 e. The molecule has 1 aromatic heterocycles. The first-order valence-corrected chi connectivity index (χ1v) is 7.44. The zero-order valence-electron chi connectivity index (χ0n) is 11.7. The Balaban J connectivity index is 2.17. The van der Waals surface area contributed by atoms with Crippen LogP contribution in [0.3, 0.4) is 0 Å². The Kier molecular flexibility index (Phi) is 4.59. The predicted molar refractivity (Wildman–Crippen MR) is 76.6 cm³/mol. The third-order valence-corrected chi connectivity index (χ3v) is 4.77. The van der Waals surface area contributed by atoms with Crippen molar-refractivity contribution in [2.45, 2.75) is 39.3 Å². The molecular formula is C13H23N3OS. The van der Waals surface area contributed by atoms with Gasteiger partial charge in [-0.25, -0.2) is 4.98 Å². The maximum Gasteiger partial charge on any atom is 0.185 e. The van der Waals surface area contributed by atoms with Gasteiger partial charge in [-0.2, -0.15) is 0 Å². The number of nitrogens with one attached hydrogen (secondary N) is 1. The molecule has 2 heterocycles. The van der Waals surface area contributed by atoms with Crippen LogP contribution in [-0.4, -0.2) is 37.8 Å². The smallest absolute Gasteiger partial charge is 0.185 e. The second kappa shape index (κ2) is 5.99. The maximum atomic E-state index is 5.68. The zero-order chi connectivity index (χ0) is 13.1. The van der Waals surface area contributed by atoms with Crippen molar-refractivity contribution in [1.29, 1.82) is 0 Å². The number of hydrogen-bond acceptors (Lipinski definition) is 5. The monoisotopic (exact) mass is 269 g/mol. The van der Waals surface area contributed by atoms with Crippen LogP contribution in [0.2, 0.25) is 0 Å². The Hall–Kier alpha value is -0.650. The number of thiazole rings is 1. The molecule has 18 heavy (non-hydrogen) atoms. The standard InChI is InChI=1S/C13H23N3OS/c1-9-8-16(6-5-7-17-9)13-15-11(3)12(18-13)10(2)14-4/h9-10,14H,5-8H2,1-4H3. The molecule has 0 aromatic carbocycles. The van der Waals surface area contributed by atoms with Crippen molar-refractivity contribution in [3.63, 3.8) is 0 Å². The molecule has 0 saturated carbocycles. The summed E-state index contributed by atoms with van der Waals surface area (Å²) in [7, 11) is 1.99. The molecule has 0 spiro atoms. The highest BCUT2D eigenvalue weighted by molar-refractivity contribution is 7.15. The van der Waals surface area contributed by atoms with Crippen molar-refractivity contribution >= 4 is 16.5 Å². The summed E-state index contributed by atoms with van der Waals surface area (Å²) in [5.74, 6) is 0. The average Bonchev–Trinajstić information content (AvgIpc) is 2.60. The summed E-state index contributed by atoms with van der Waals surface area (Å²) in [6.45, 7) is 9.27. The van der Waals surface area contributed by atoms with Gasteiger partial charge in [0.1, 0.15) is 0 Å². The fraction of sp³-hybridized carbons (Fsp3) is 0.769. The van der Waals surface area contributed by atoms with Gasteiger partial charge in [0.15, 0.2) is 5.13 Å². The second-order valence-corrected chi connectivity index (χ2v) is 5.95. The van der Waals surface area contributed by atoms with Crippen molar-refractivity contribution < 1.29 is 4.74 Å². The first kappa shape index (κ1) is 13.8. The van der Waals surface area contributed by atoms with Crippen molar-refractivity contribution in [2.75, 3.05) is 31.6 Å². The topological polar surface area (TPSA) is 37.4 Å². The van der Waals surface area contributed by atoms with E-state index in [1.54, 1.807) is 11.3 Å². The summed E-state index contributed by atoms with van der Waals surface area (Å²) < 4.78 is 5.68. The van der Waals surface area contributed by atoms with Gasteiger partial charge in [-0.15, -0.1) is 11.3 Å². The molecule has 1 saturated heterocycles. The number of aromatic nitrogens is 1. The lowest BCUT2D eigenvalue weighted by atomic mass is 10.2. The molecule has 2 unspecified atom stereocenters. The Bertz CT molecular complexity index is 394. The minimum absolute atomic E-state index is 0.293. The van der Waals surface area contributed by atoms with E-state index < -0.39 is 0 Å². The molecule has 1 fully saturated rings. The molecule has 0 bridgehead atoms. The first-order valence-electron chi connectivity index (χ1n) is 6.63. The Morgan fingerprint density at radius 3 is 3.06 bits per heavy atom. The van der Waals surface area contributed by atoms with E-state index in [0.717, 1.165) is 36.9 Å². The minimum atomic E-state index is 0.293. The molecule has 0 aliphatic carbocycles. The van der Waals surface area contributed by atoms with Gasteiger partial charge in [0.05, 0.1) is 11.8 Å². The molecule has 2 rings (SSSR count). The van der Waals surface area contributed by atoms with E-state index in [9.17, 15) is 0 Å². The van der Waals surface area contributed by atoms with E-state index in [0.29, 0.717) is 12.1 Å². The molecule has 1 aliphatic rings. The molecule has 2 atom stereocenters. The SMILES string of the molecule is CNC(C)c1sc(N2CCCOC(C)C2)nc1C. The van der Waals surface area contributed by atoms with E-state index in [1.807, 2.05) is 7.05 Å². The molecule has 5 heteroatoms. The van der Waals surface area contributed by atoms with Crippen molar-refractivity contribution in [1.82, 2.24) is 10.3 Å². The van der Waals surface area contributed by atoms with Crippen molar-refractivity contribution in [3.8, 4) is 0 Å². The number of nitrogens with zero attached hydrogens (tertiary/aromatic N) is 2. The van der Waals surface area contributed by atoms with Gasteiger partial charge in [-0.05, 0) is 34.2 Å². The number of ether oxygens (including phenoxy) is 1. The normalized spacial score (nSPS) is 22.9. The second-order valence-electron chi connectivity index (χ2n) is 4.94. The highest BCUT2D eigenvalue weighted by atomic mass is 32.1. The highest BCUT2D eigenvalue weighted by Gasteiger charge is 2.20. The van der Waals surface area contributed by atoms with E-state index in [2.05, 4.69) is 31.0 Å². The van der Waals surface area contributed by atoms with Gasteiger partial charge in [0.2, 0.25) is 0 Å². The first-order chi connectivity index (χ1) is 8.61. The lowest BCUT2D eigenvalue weighted by molar-refractivity contribution is 0.0821. The molecule has 1 aromatic rings. The van der Waals surface area contributed by atoms with Gasteiger partial charge < -0.3 is 15.0 Å².